The van der Waals surface area contributed by atoms with Crippen LogP contribution in [-0.2, 0) is 29.4 Å². The quantitative estimate of drug-likeness (QED) is 0.532. The SMILES string of the molecule is CCCN(Cc1ccccc1)C1Cc2ccc(NS(=O)(=O)c3ccc(C)cc3)cc2C1. The van der Waals surface area contributed by atoms with Gasteiger partial charge in [0.1, 0.15) is 0 Å². The smallest absolute Gasteiger partial charge is 0.261 e. The van der Waals surface area contributed by atoms with Crippen molar-refractivity contribution in [1.82, 2.24) is 4.90 Å². The van der Waals surface area contributed by atoms with Crippen molar-refractivity contribution >= 4 is 15.7 Å². The molecule has 0 aliphatic heterocycles. The molecule has 3 aromatic carbocycles. The zero-order chi connectivity index (χ0) is 21.8. The number of nitrogens with zero attached hydrogens (tertiary/aromatic N) is 1. The Labute approximate surface area is 186 Å². The van der Waals surface area contributed by atoms with Crippen LogP contribution in [0.15, 0.2) is 77.7 Å². The predicted molar refractivity (Wildman–Crippen MR) is 127 cm³/mol. The van der Waals surface area contributed by atoms with Gasteiger partial charge in [0.25, 0.3) is 10.0 Å². The van der Waals surface area contributed by atoms with Crippen molar-refractivity contribution in [3.05, 3.63) is 95.1 Å². The molecule has 0 aromatic heterocycles. The standard InChI is InChI=1S/C26H30N2O2S/c1-3-15-28(19-21-7-5-4-6-8-21)25-17-22-11-12-24(16-23(22)18-25)27-31(29,30)26-13-9-20(2)10-14-26/h4-14,16,25,27H,3,15,17-19H2,1-2H3. The van der Waals surface area contributed by atoms with E-state index < -0.39 is 10.0 Å². The summed E-state index contributed by atoms with van der Waals surface area (Å²) in [6.45, 7) is 6.17. The summed E-state index contributed by atoms with van der Waals surface area (Å²) < 4.78 is 28.3. The van der Waals surface area contributed by atoms with E-state index in [2.05, 4.69) is 52.9 Å². The Morgan fingerprint density at radius 1 is 0.935 bits per heavy atom. The molecule has 0 fully saturated rings. The molecule has 1 aliphatic carbocycles. The number of hydrogen-bond donors (Lipinski definition) is 1. The summed E-state index contributed by atoms with van der Waals surface area (Å²) >= 11 is 0. The van der Waals surface area contributed by atoms with Crippen molar-refractivity contribution in [3.8, 4) is 0 Å². The summed E-state index contributed by atoms with van der Waals surface area (Å²) in [6.07, 6.45) is 3.07. The summed E-state index contributed by atoms with van der Waals surface area (Å²) in [5.41, 5.74) is 5.55. The van der Waals surface area contributed by atoms with Gasteiger partial charge in [-0.3, -0.25) is 9.62 Å². The number of sulfonamides is 1. The van der Waals surface area contributed by atoms with Gasteiger partial charge in [-0.1, -0.05) is 61.0 Å². The van der Waals surface area contributed by atoms with Gasteiger partial charge in [-0.25, -0.2) is 8.42 Å². The Hall–Kier alpha value is -2.63. The molecule has 0 bridgehead atoms. The fourth-order valence-corrected chi connectivity index (χ4v) is 5.39. The second-order valence-corrected chi connectivity index (χ2v) is 10.1. The normalized spacial score (nSPS) is 15.8. The van der Waals surface area contributed by atoms with Gasteiger partial charge < -0.3 is 0 Å². The maximum atomic E-state index is 12.8. The number of fused-ring (bicyclic) bond motifs is 1. The summed E-state index contributed by atoms with van der Waals surface area (Å²) in [6, 6.07) is 23.9. The first-order chi connectivity index (χ1) is 14.9. The van der Waals surface area contributed by atoms with Gasteiger partial charge in [0.15, 0.2) is 0 Å². The second-order valence-electron chi connectivity index (χ2n) is 8.42. The molecule has 0 amide bonds. The van der Waals surface area contributed by atoms with Crippen molar-refractivity contribution in [1.29, 1.82) is 0 Å². The van der Waals surface area contributed by atoms with Crippen molar-refractivity contribution in [2.24, 2.45) is 0 Å². The van der Waals surface area contributed by atoms with Crippen LogP contribution in [0, 0.1) is 6.92 Å². The van der Waals surface area contributed by atoms with Crippen LogP contribution in [0.3, 0.4) is 0 Å². The Morgan fingerprint density at radius 3 is 2.35 bits per heavy atom. The summed E-state index contributed by atoms with van der Waals surface area (Å²) in [5, 5.41) is 0. The molecule has 1 aliphatic rings. The number of anilines is 1. The molecule has 31 heavy (non-hydrogen) atoms. The summed E-state index contributed by atoms with van der Waals surface area (Å²) in [5.74, 6) is 0. The lowest BCUT2D eigenvalue weighted by Gasteiger charge is -2.28. The van der Waals surface area contributed by atoms with E-state index in [1.54, 1.807) is 12.1 Å². The molecule has 0 heterocycles. The van der Waals surface area contributed by atoms with Gasteiger partial charge in [0, 0.05) is 18.3 Å². The Balaban J connectivity index is 1.48. The minimum absolute atomic E-state index is 0.286. The highest BCUT2D eigenvalue weighted by molar-refractivity contribution is 7.92. The van der Waals surface area contributed by atoms with Crippen LogP contribution >= 0.6 is 0 Å². The van der Waals surface area contributed by atoms with Crippen molar-refractivity contribution < 1.29 is 8.42 Å². The van der Waals surface area contributed by atoms with Gasteiger partial charge >= 0.3 is 0 Å². The molecular weight excluding hydrogens is 404 g/mol. The highest BCUT2D eigenvalue weighted by Gasteiger charge is 2.27. The van der Waals surface area contributed by atoms with Gasteiger partial charge in [-0.15, -0.1) is 0 Å². The maximum absolute atomic E-state index is 12.8. The minimum atomic E-state index is -3.59. The zero-order valence-electron chi connectivity index (χ0n) is 18.2. The lowest BCUT2D eigenvalue weighted by Crippen LogP contribution is -2.36. The first-order valence-electron chi connectivity index (χ1n) is 10.9. The number of rotatable bonds is 8. The van der Waals surface area contributed by atoms with Crippen LogP contribution in [0.1, 0.15) is 35.6 Å². The van der Waals surface area contributed by atoms with E-state index in [0.29, 0.717) is 11.7 Å². The minimum Gasteiger partial charge on any atom is -0.295 e. The molecule has 0 saturated heterocycles. The van der Waals surface area contributed by atoms with E-state index in [-0.39, 0.29) is 4.90 Å². The van der Waals surface area contributed by atoms with E-state index in [0.717, 1.165) is 37.9 Å². The van der Waals surface area contributed by atoms with E-state index in [1.165, 1.54) is 16.7 Å². The molecule has 1 unspecified atom stereocenters. The molecule has 4 rings (SSSR count). The summed E-state index contributed by atoms with van der Waals surface area (Å²) in [7, 11) is -3.59. The molecule has 4 nitrogen and oxygen atoms in total. The number of aryl methyl sites for hydroxylation is 1. The first kappa shape index (κ1) is 21.6. The van der Waals surface area contributed by atoms with Crippen LogP contribution in [-0.4, -0.2) is 25.9 Å². The van der Waals surface area contributed by atoms with E-state index >= 15 is 0 Å². The monoisotopic (exact) mass is 434 g/mol. The Bertz CT molecular complexity index is 1130. The second kappa shape index (κ2) is 9.25. The number of hydrogen-bond acceptors (Lipinski definition) is 3. The van der Waals surface area contributed by atoms with Crippen molar-refractivity contribution in [2.45, 2.75) is 50.6 Å². The first-order valence-corrected chi connectivity index (χ1v) is 12.4. The largest absolute Gasteiger partial charge is 0.295 e. The molecule has 3 aromatic rings. The zero-order valence-corrected chi connectivity index (χ0v) is 19.0. The third-order valence-electron chi connectivity index (χ3n) is 5.96. The molecule has 1 N–H and O–H groups in total. The molecule has 162 valence electrons. The van der Waals surface area contributed by atoms with Crippen molar-refractivity contribution in [2.75, 3.05) is 11.3 Å². The highest BCUT2D eigenvalue weighted by Crippen LogP contribution is 2.30. The average Bonchev–Trinajstić information content (AvgIpc) is 3.17. The van der Waals surface area contributed by atoms with Crippen LogP contribution in [0.5, 0.6) is 0 Å². The fraction of sp³-hybridized carbons (Fsp3) is 0.308. The van der Waals surface area contributed by atoms with Gasteiger partial charge in [0.2, 0.25) is 0 Å². The molecule has 1 atom stereocenters. The lowest BCUT2D eigenvalue weighted by molar-refractivity contribution is 0.193. The molecule has 0 spiro atoms. The van der Waals surface area contributed by atoms with Crippen LogP contribution in [0.4, 0.5) is 5.69 Å². The van der Waals surface area contributed by atoms with Crippen molar-refractivity contribution in [3.63, 3.8) is 0 Å². The number of benzene rings is 3. The van der Waals surface area contributed by atoms with E-state index in [4.69, 9.17) is 0 Å². The fourth-order valence-electron chi connectivity index (χ4n) is 4.34. The predicted octanol–water partition coefficient (Wildman–Crippen LogP) is 5.18. The Kier molecular flexibility index (Phi) is 6.44. The third kappa shape index (κ3) is 5.17. The Morgan fingerprint density at radius 2 is 1.65 bits per heavy atom. The van der Waals surface area contributed by atoms with Gasteiger partial charge in [0.05, 0.1) is 4.90 Å². The third-order valence-corrected chi connectivity index (χ3v) is 7.35. The van der Waals surface area contributed by atoms with E-state index in [1.807, 2.05) is 31.2 Å². The van der Waals surface area contributed by atoms with Crippen LogP contribution < -0.4 is 4.72 Å². The highest BCUT2D eigenvalue weighted by atomic mass is 32.2. The lowest BCUT2D eigenvalue weighted by atomic mass is 10.1. The maximum Gasteiger partial charge on any atom is 0.261 e. The molecule has 5 heteroatoms. The average molecular weight is 435 g/mol. The summed E-state index contributed by atoms with van der Waals surface area (Å²) in [4.78, 5) is 2.85. The van der Waals surface area contributed by atoms with Gasteiger partial charge in [-0.2, -0.15) is 0 Å². The number of nitrogens with one attached hydrogen (secondary N) is 1. The molecule has 0 saturated carbocycles. The molecular formula is C26H30N2O2S. The van der Waals surface area contributed by atoms with Crippen LogP contribution in [0.25, 0.3) is 0 Å². The van der Waals surface area contributed by atoms with Crippen LogP contribution in [0.2, 0.25) is 0 Å². The molecule has 0 radical (unpaired) electrons. The van der Waals surface area contributed by atoms with E-state index in [9.17, 15) is 8.42 Å². The topological polar surface area (TPSA) is 49.4 Å². The van der Waals surface area contributed by atoms with Gasteiger partial charge in [-0.05, 0) is 73.7 Å².